The molecule has 0 atom stereocenters. The van der Waals surface area contributed by atoms with E-state index in [1.54, 1.807) is 32.7 Å². The SMILES string of the molecule is COc1cccc(N=c2scc(-c3ccccc3)n2-c2ccc(OC)c(OC)c2)c1. The lowest BCUT2D eigenvalue weighted by Crippen LogP contribution is -2.14. The van der Waals surface area contributed by atoms with Crippen molar-refractivity contribution in [1.82, 2.24) is 4.57 Å². The smallest absolute Gasteiger partial charge is 0.195 e. The van der Waals surface area contributed by atoms with Crippen LogP contribution in [0.2, 0.25) is 0 Å². The molecule has 1 heterocycles. The molecule has 1 aromatic heterocycles. The van der Waals surface area contributed by atoms with Crippen LogP contribution >= 0.6 is 11.3 Å². The second-order valence-electron chi connectivity index (χ2n) is 6.46. The van der Waals surface area contributed by atoms with Crippen molar-refractivity contribution in [3.63, 3.8) is 0 Å². The van der Waals surface area contributed by atoms with Crippen LogP contribution in [-0.2, 0) is 0 Å². The highest BCUT2D eigenvalue weighted by Crippen LogP contribution is 2.31. The molecule has 0 bridgehead atoms. The fourth-order valence-corrected chi connectivity index (χ4v) is 4.13. The number of benzene rings is 3. The first-order chi connectivity index (χ1) is 14.7. The lowest BCUT2D eigenvalue weighted by atomic mass is 10.1. The van der Waals surface area contributed by atoms with Crippen LogP contribution in [0.4, 0.5) is 5.69 Å². The fourth-order valence-electron chi connectivity index (χ4n) is 3.20. The Balaban J connectivity index is 1.94. The average molecular weight is 419 g/mol. The number of hydrogen-bond acceptors (Lipinski definition) is 5. The topological polar surface area (TPSA) is 45.0 Å². The predicted octanol–water partition coefficient (Wildman–Crippen LogP) is 5.46. The zero-order valence-corrected chi connectivity index (χ0v) is 17.8. The minimum atomic E-state index is 0.667. The van der Waals surface area contributed by atoms with Gasteiger partial charge in [0.1, 0.15) is 5.75 Å². The maximum Gasteiger partial charge on any atom is 0.195 e. The largest absolute Gasteiger partial charge is 0.497 e. The number of rotatable bonds is 6. The van der Waals surface area contributed by atoms with Crippen LogP contribution < -0.4 is 19.0 Å². The van der Waals surface area contributed by atoms with Crippen LogP contribution in [0.1, 0.15) is 0 Å². The van der Waals surface area contributed by atoms with Crippen molar-refractivity contribution in [2.24, 2.45) is 4.99 Å². The molecular weight excluding hydrogens is 396 g/mol. The van der Waals surface area contributed by atoms with E-state index in [2.05, 4.69) is 22.1 Å². The third-order valence-electron chi connectivity index (χ3n) is 4.68. The van der Waals surface area contributed by atoms with Crippen LogP contribution in [0.3, 0.4) is 0 Å². The van der Waals surface area contributed by atoms with Gasteiger partial charge in [-0.15, -0.1) is 11.3 Å². The first-order valence-corrected chi connectivity index (χ1v) is 10.3. The average Bonchev–Trinajstić information content (AvgIpc) is 3.22. The molecule has 0 N–H and O–H groups in total. The van der Waals surface area contributed by atoms with Crippen LogP contribution in [0.15, 0.2) is 83.2 Å². The highest BCUT2D eigenvalue weighted by molar-refractivity contribution is 7.07. The maximum absolute atomic E-state index is 5.53. The summed E-state index contributed by atoms with van der Waals surface area (Å²) in [5.41, 5.74) is 3.92. The summed E-state index contributed by atoms with van der Waals surface area (Å²) < 4.78 is 18.4. The minimum absolute atomic E-state index is 0.667. The quantitative estimate of drug-likeness (QED) is 0.417. The molecule has 0 aliphatic rings. The fraction of sp³-hybridized carbons (Fsp3) is 0.125. The highest BCUT2D eigenvalue weighted by Gasteiger charge is 2.13. The van der Waals surface area contributed by atoms with Crippen LogP contribution in [0.5, 0.6) is 17.2 Å². The van der Waals surface area contributed by atoms with E-state index >= 15 is 0 Å². The van der Waals surface area contributed by atoms with Crippen molar-refractivity contribution < 1.29 is 14.2 Å². The maximum atomic E-state index is 5.53. The zero-order valence-electron chi connectivity index (χ0n) is 17.0. The zero-order chi connectivity index (χ0) is 20.9. The van der Waals surface area contributed by atoms with E-state index in [4.69, 9.17) is 19.2 Å². The second-order valence-corrected chi connectivity index (χ2v) is 7.29. The van der Waals surface area contributed by atoms with E-state index in [9.17, 15) is 0 Å². The highest BCUT2D eigenvalue weighted by atomic mass is 32.1. The molecule has 152 valence electrons. The Morgan fingerprint density at radius 1 is 0.767 bits per heavy atom. The van der Waals surface area contributed by atoms with Gasteiger partial charge in [0.05, 0.1) is 38.4 Å². The van der Waals surface area contributed by atoms with Crippen molar-refractivity contribution in [3.05, 3.63) is 83.0 Å². The molecule has 0 spiro atoms. The molecule has 0 radical (unpaired) electrons. The standard InChI is InChI=1S/C24H22N2O3S/c1-27-20-11-7-10-18(14-20)25-24-26(19-12-13-22(28-2)23(15-19)29-3)21(16-30-24)17-8-5-4-6-9-17/h4-16H,1-3H3. The number of thiazole rings is 1. The third-order valence-corrected chi connectivity index (χ3v) is 5.51. The lowest BCUT2D eigenvalue weighted by molar-refractivity contribution is 0.355. The summed E-state index contributed by atoms with van der Waals surface area (Å²) in [5.74, 6) is 2.12. The van der Waals surface area contributed by atoms with E-state index in [0.29, 0.717) is 11.5 Å². The first kappa shape index (κ1) is 19.8. The van der Waals surface area contributed by atoms with E-state index in [0.717, 1.165) is 33.2 Å². The Kier molecular flexibility index (Phi) is 5.86. The van der Waals surface area contributed by atoms with E-state index in [-0.39, 0.29) is 0 Å². The Morgan fingerprint density at radius 2 is 1.57 bits per heavy atom. The van der Waals surface area contributed by atoms with E-state index in [1.807, 2.05) is 60.7 Å². The molecule has 0 amide bonds. The molecule has 30 heavy (non-hydrogen) atoms. The van der Waals surface area contributed by atoms with E-state index in [1.165, 1.54) is 0 Å². The molecule has 5 nitrogen and oxygen atoms in total. The van der Waals surface area contributed by atoms with Gasteiger partial charge in [-0.2, -0.15) is 0 Å². The van der Waals surface area contributed by atoms with Gasteiger partial charge in [-0.3, -0.25) is 4.57 Å². The van der Waals surface area contributed by atoms with Crippen molar-refractivity contribution in [1.29, 1.82) is 0 Å². The molecular formula is C24H22N2O3S. The molecule has 3 aromatic carbocycles. The second kappa shape index (κ2) is 8.88. The molecule has 0 aliphatic heterocycles. The van der Waals surface area contributed by atoms with Gasteiger partial charge < -0.3 is 14.2 Å². The molecule has 4 rings (SSSR count). The summed E-state index contributed by atoms with van der Waals surface area (Å²) in [7, 11) is 4.93. The summed E-state index contributed by atoms with van der Waals surface area (Å²) in [5, 5.41) is 2.12. The summed E-state index contributed by atoms with van der Waals surface area (Å²) in [6.45, 7) is 0. The van der Waals surface area contributed by atoms with Gasteiger partial charge in [0.2, 0.25) is 0 Å². The third kappa shape index (κ3) is 3.95. The van der Waals surface area contributed by atoms with Gasteiger partial charge in [0.25, 0.3) is 0 Å². The predicted molar refractivity (Wildman–Crippen MR) is 120 cm³/mol. The van der Waals surface area contributed by atoms with Crippen molar-refractivity contribution in [3.8, 4) is 34.2 Å². The first-order valence-electron chi connectivity index (χ1n) is 9.40. The lowest BCUT2D eigenvalue weighted by Gasteiger charge is -2.13. The van der Waals surface area contributed by atoms with Gasteiger partial charge in [-0.25, -0.2) is 4.99 Å². The molecule has 0 fully saturated rings. The minimum Gasteiger partial charge on any atom is -0.497 e. The Bertz CT molecular complexity index is 1210. The van der Waals surface area contributed by atoms with Crippen molar-refractivity contribution >= 4 is 17.0 Å². The van der Waals surface area contributed by atoms with Gasteiger partial charge in [-0.1, -0.05) is 36.4 Å². The number of methoxy groups -OCH3 is 3. The van der Waals surface area contributed by atoms with Gasteiger partial charge >= 0.3 is 0 Å². The Hall–Kier alpha value is -3.51. The molecule has 6 heteroatoms. The molecule has 0 unspecified atom stereocenters. The summed E-state index contributed by atoms with van der Waals surface area (Å²) in [4.78, 5) is 5.74. The Morgan fingerprint density at radius 3 is 2.30 bits per heavy atom. The summed E-state index contributed by atoms with van der Waals surface area (Å²) in [6.07, 6.45) is 0. The molecule has 4 aromatic rings. The summed E-state index contributed by atoms with van der Waals surface area (Å²) >= 11 is 1.58. The summed E-state index contributed by atoms with van der Waals surface area (Å²) in [6, 6.07) is 23.9. The van der Waals surface area contributed by atoms with Crippen LogP contribution in [0, 0.1) is 0 Å². The molecule has 0 saturated heterocycles. The number of nitrogens with zero attached hydrogens (tertiary/aromatic N) is 2. The monoisotopic (exact) mass is 418 g/mol. The van der Waals surface area contributed by atoms with Crippen LogP contribution in [0.25, 0.3) is 16.9 Å². The van der Waals surface area contributed by atoms with Gasteiger partial charge in [-0.05, 0) is 29.8 Å². The number of aromatic nitrogens is 1. The van der Waals surface area contributed by atoms with Gasteiger partial charge in [0.15, 0.2) is 16.3 Å². The molecule has 0 saturated carbocycles. The van der Waals surface area contributed by atoms with Gasteiger partial charge in [0, 0.05) is 17.5 Å². The number of hydrogen-bond donors (Lipinski definition) is 0. The molecule has 0 aliphatic carbocycles. The number of ether oxygens (including phenoxy) is 3. The Labute approximate surface area is 179 Å². The normalized spacial score (nSPS) is 11.4. The van der Waals surface area contributed by atoms with Crippen molar-refractivity contribution in [2.75, 3.05) is 21.3 Å². The van der Waals surface area contributed by atoms with Crippen molar-refractivity contribution in [2.45, 2.75) is 0 Å². The van der Waals surface area contributed by atoms with E-state index < -0.39 is 0 Å². The van der Waals surface area contributed by atoms with Crippen LogP contribution in [-0.4, -0.2) is 25.9 Å².